The quantitative estimate of drug-likeness (QED) is 0.0489. The molecule has 282 valence electrons. The summed E-state index contributed by atoms with van der Waals surface area (Å²) in [5, 5.41) is 41.1. The Morgan fingerprint density at radius 1 is 0.340 bits per heavy atom. The van der Waals surface area contributed by atoms with Gasteiger partial charge in [-0.25, -0.2) is 0 Å². The van der Waals surface area contributed by atoms with E-state index in [2.05, 4.69) is 13.8 Å². The number of rotatable bonds is 39. The average molecular weight is 669 g/mol. The maximum absolute atomic E-state index is 12.4. The molecule has 0 aliphatic carbocycles. The van der Waals surface area contributed by atoms with Gasteiger partial charge in [-0.2, -0.15) is 0 Å². The number of Topliss-reactive ketones (excluding diaryl/α,β-unsaturated/α-hetero) is 1. The van der Waals surface area contributed by atoms with Crippen LogP contribution < -0.4 is 0 Å². The molecule has 47 heavy (non-hydrogen) atoms. The Hall–Kier alpha value is -0.490. The van der Waals surface area contributed by atoms with Crippen LogP contribution in [0.1, 0.15) is 239 Å². The number of carbonyl (C=O) groups is 1. The summed E-state index contributed by atoms with van der Waals surface area (Å²) in [7, 11) is 0. The Bertz CT molecular complexity index is 626. The molecule has 4 atom stereocenters. The first-order valence-electron chi connectivity index (χ1n) is 21.2. The normalized spacial score (nSPS) is 14.3. The van der Waals surface area contributed by atoms with Crippen LogP contribution in [0.25, 0.3) is 0 Å². The summed E-state index contributed by atoms with van der Waals surface area (Å²) >= 11 is 0. The zero-order chi connectivity index (χ0) is 34.6. The molecule has 0 aromatic rings. The van der Waals surface area contributed by atoms with Gasteiger partial charge in [-0.05, 0) is 12.8 Å². The van der Waals surface area contributed by atoms with Gasteiger partial charge >= 0.3 is 0 Å². The summed E-state index contributed by atoms with van der Waals surface area (Å²) in [5.74, 6) is -0.626. The van der Waals surface area contributed by atoms with Gasteiger partial charge in [-0.1, -0.05) is 219 Å². The standard InChI is InChI=1S/C42H84O5/c1-3-5-7-9-11-13-15-17-18-19-20-21-22-23-24-26-28-30-32-34-36-39(44)42(47)41(46)37-40(45)38(43)35-33-31-29-27-25-16-14-12-10-8-6-4-2/h38-41,43-46H,3-37H2,1-2H3/t38?,39-,40?,41?/m1/s1. The second kappa shape index (κ2) is 36.8. The predicted molar refractivity (Wildman–Crippen MR) is 202 cm³/mol. The molecule has 0 spiro atoms. The zero-order valence-corrected chi connectivity index (χ0v) is 31.8. The highest BCUT2D eigenvalue weighted by Gasteiger charge is 2.28. The highest BCUT2D eigenvalue weighted by Crippen LogP contribution is 2.18. The second-order valence-corrected chi connectivity index (χ2v) is 15.0. The number of hydrogen-bond donors (Lipinski definition) is 4. The van der Waals surface area contributed by atoms with Gasteiger partial charge in [0.25, 0.3) is 0 Å². The van der Waals surface area contributed by atoms with Crippen LogP contribution in [0, 0.1) is 0 Å². The molecular formula is C42H84O5. The Balaban J connectivity index is 3.58. The fraction of sp³-hybridized carbons (Fsp3) is 0.976. The lowest BCUT2D eigenvalue weighted by Crippen LogP contribution is -2.38. The Morgan fingerprint density at radius 2 is 0.596 bits per heavy atom. The van der Waals surface area contributed by atoms with Gasteiger partial charge in [0, 0.05) is 6.42 Å². The van der Waals surface area contributed by atoms with Gasteiger partial charge in [0.15, 0.2) is 5.78 Å². The van der Waals surface area contributed by atoms with Crippen LogP contribution in [-0.4, -0.2) is 50.6 Å². The zero-order valence-electron chi connectivity index (χ0n) is 31.8. The number of hydrogen-bond acceptors (Lipinski definition) is 5. The first kappa shape index (κ1) is 46.5. The third-order valence-electron chi connectivity index (χ3n) is 10.3. The average Bonchev–Trinajstić information content (AvgIpc) is 3.07. The van der Waals surface area contributed by atoms with Gasteiger partial charge in [0.1, 0.15) is 12.2 Å². The van der Waals surface area contributed by atoms with E-state index < -0.39 is 30.2 Å². The van der Waals surface area contributed by atoms with Crippen LogP contribution in [0.5, 0.6) is 0 Å². The summed E-state index contributed by atoms with van der Waals surface area (Å²) in [6.07, 6.45) is 37.1. The van der Waals surface area contributed by atoms with Gasteiger partial charge in [0.2, 0.25) is 0 Å². The van der Waals surface area contributed by atoms with E-state index in [9.17, 15) is 25.2 Å². The van der Waals surface area contributed by atoms with E-state index in [-0.39, 0.29) is 6.42 Å². The van der Waals surface area contributed by atoms with Crippen LogP contribution in [0.15, 0.2) is 0 Å². The van der Waals surface area contributed by atoms with Crippen molar-refractivity contribution in [1.82, 2.24) is 0 Å². The minimum absolute atomic E-state index is 0.214. The van der Waals surface area contributed by atoms with Crippen molar-refractivity contribution >= 4 is 5.78 Å². The van der Waals surface area contributed by atoms with Crippen molar-refractivity contribution in [3.8, 4) is 0 Å². The summed E-state index contributed by atoms with van der Waals surface area (Å²) in [6.45, 7) is 4.53. The lowest BCUT2D eigenvalue weighted by molar-refractivity contribution is -0.138. The first-order chi connectivity index (χ1) is 22.9. The van der Waals surface area contributed by atoms with Crippen molar-refractivity contribution in [2.45, 2.75) is 263 Å². The monoisotopic (exact) mass is 669 g/mol. The molecule has 0 saturated heterocycles. The van der Waals surface area contributed by atoms with Crippen LogP contribution in [0.3, 0.4) is 0 Å². The summed E-state index contributed by atoms with van der Waals surface area (Å²) in [6, 6.07) is 0. The van der Waals surface area contributed by atoms with E-state index in [0.717, 1.165) is 38.5 Å². The minimum Gasteiger partial charge on any atom is -0.390 e. The lowest BCUT2D eigenvalue weighted by atomic mass is 9.95. The minimum atomic E-state index is -1.43. The summed E-state index contributed by atoms with van der Waals surface area (Å²) in [4.78, 5) is 12.4. The molecule has 0 aromatic carbocycles. The largest absolute Gasteiger partial charge is 0.390 e. The molecule has 0 amide bonds. The van der Waals surface area contributed by atoms with Gasteiger partial charge in [-0.15, -0.1) is 0 Å². The summed E-state index contributed by atoms with van der Waals surface area (Å²) < 4.78 is 0. The number of aliphatic hydroxyl groups excluding tert-OH is 4. The molecule has 0 fully saturated rings. The number of aliphatic hydroxyl groups is 4. The van der Waals surface area contributed by atoms with Crippen LogP contribution in [0.2, 0.25) is 0 Å². The molecule has 0 saturated carbocycles. The topological polar surface area (TPSA) is 98.0 Å². The maximum Gasteiger partial charge on any atom is 0.189 e. The van der Waals surface area contributed by atoms with E-state index in [4.69, 9.17) is 0 Å². The number of unbranched alkanes of at least 4 members (excludes halogenated alkanes) is 30. The van der Waals surface area contributed by atoms with Gasteiger partial charge in [-0.3, -0.25) is 4.79 Å². The molecule has 3 unspecified atom stereocenters. The molecule has 0 heterocycles. The maximum atomic E-state index is 12.4. The van der Waals surface area contributed by atoms with Crippen LogP contribution in [-0.2, 0) is 4.79 Å². The van der Waals surface area contributed by atoms with E-state index >= 15 is 0 Å². The molecule has 0 aliphatic rings. The molecule has 0 rings (SSSR count). The first-order valence-corrected chi connectivity index (χ1v) is 21.2. The van der Waals surface area contributed by atoms with Crippen molar-refractivity contribution < 1.29 is 25.2 Å². The Labute approximate surface area is 293 Å². The van der Waals surface area contributed by atoms with E-state index in [1.807, 2.05) is 0 Å². The highest BCUT2D eigenvalue weighted by molar-refractivity contribution is 5.86. The third kappa shape index (κ3) is 32.5. The fourth-order valence-electron chi connectivity index (χ4n) is 6.85. The molecule has 0 aliphatic heterocycles. The van der Waals surface area contributed by atoms with Crippen molar-refractivity contribution in [2.75, 3.05) is 0 Å². The molecule has 5 heteroatoms. The van der Waals surface area contributed by atoms with Crippen molar-refractivity contribution in [3.05, 3.63) is 0 Å². The van der Waals surface area contributed by atoms with E-state index in [1.54, 1.807) is 0 Å². The fourth-order valence-corrected chi connectivity index (χ4v) is 6.85. The van der Waals surface area contributed by atoms with Gasteiger partial charge in [0.05, 0.1) is 12.2 Å². The lowest BCUT2D eigenvalue weighted by Gasteiger charge is -2.21. The Kier molecular flexibility index (Phi) is 36.4. The Morgan fingerprint density at radius 3 is 0.894 bits per heavy atom. The van der Waals surface area contributed by atoms with Gasteiger partial charge < -0.3 is 20.4 Å². The smallest absolute Gasteiger partial charge is 0.189 e. The molecule has 5 nitrogen and oxygen atoms in total. The molecule has 0 radical (unpaired) electrons. The highest BCUT2D eigenvalue weighted by atomic mass is 16.3. The predicted octanol–water partition coefficient (Wildman–Crippen LogP) is 11.7. The molecule has 0 bridgehead atoms. The second-order valence-electron chi connectivity index (χ2n) is 15.0. The van der Waals surface area contributed by atoms with Crippen LogP contribution in [0.4, 0.5) is 0 Å². The molecule has 4 N–H and O–H groups in total. The van der Waals surface area contributed by atoms with E-state index in [0.29, 0.717) is 12.8 Å². The molecular weight excluding hydrogens is 584 g/mol. The molecule has 0 aromatic heterocycles. The number of ketones is 1. The van der Waals surface area contributed by atoms with Crippen molar-refractivity contribution in [1.29, 1.82) is 0 Å². The SMILES string of the molecule is CCCCCCCCCCCCCCCCCCCCCC[C@@H](O)C(=O)C(O)CC(O)C(O)CCCCCCCCCCCCCC. The van der Waals surface area contributed by atoms with Crippen molar-refractivity contribution in [2.24, 2.45) is 0 Å². The summed E-state index contributed by atoms with van der Waals surface area (Å²) in [5.41, 5.74) is 0. The van der Waals surface area contributed by atoms with E-state index in [1.165, 1.54) is 167 Å². The van der Waals surface area contributed by atoms with Crippen LogP contribution >= 0.6 is 0 Å². The third-order valence-corrected chi connectivity index (χ3v) is 10.3. The van der Waals surface area contributed by atoms with Crippen molar-refractivity contribution in [3.63, 3.8) is 0 Å². The number of carbonyl (C=O) groups excluding carboxylic acids is 1.